The molecule has 0 N–H and O–H groups in total. The molecule has 0 amide bonds. The molecule has 18 heavy (non-hydrogen) atoms. The van der Waals surface area contributed by atoms with E-state index in [-0.39, 0.29) is 11.9 Å². The Hall–Kier alpha value is -0.380. The summed E-state index contributed by atoms with van der Waals surface area (Å²) in [6.45, 7) is 7.99. The predicted molar refractivity (Wildman–Crippen MR) is 71.5 cm³/mol. The van der Waals surface area contributed by atoms with Crippen molar-refractivity contribution in [3.8, 4) is 0 Å². The molecule has 2 saturated heterocycles. The van der Waals surface area contributed by atoms with Crippen LogP contribution < -0.4 is 0 Å². The monoisotopic (exact) mass is 254 g/mol. The molecule has 2 fully saturated rings. The Morgan fingerprint density at radius 2 is 2.17 bits per heavy atom. The lowest BCUT2D eigenvalue weighted by molar-refractivity contribution is -0.155. The van der Waals surface area contributed by atoms with Gasteiger partial charge in [-0.15, -0.1) is 0 Å². The van der Waals surface area contributed by atoms with E-state index in [1.807, 2.05) is 0 Å². The molecule has 2 aliphatic rings. The van der Waals surface area contributed by atoms with Gasteiger partial charge >= 0.3 is 0 Å². The normalized spacial score (nSPS) is 31.4. The van der Waals surface area contributed by atoms with E-state index in [1.54, 1.807) is 0 Å². The topological polar surface area (TPSA) is 31.0 Å². The van der Waals surface area contributed by atoms with Gasteiger partial charge in [0.15, 0.2) is 6.29 Å². The molecule has 0 spiro atoms. The highest BCUT2D eigenvalue weighted by atomic mass is 16.7. The smallest absolute Gasteiger partial charge is 0.157 e. The van der Waals surface area contributed by atoms with E-state index in [9.17, 15) is 0 Å². The Morgan fingerprint density at radius 3 is 2.78 bits per heavy atom. The second kappa shape index (κ2) is 6.18. The van der Waals surface area contributed by atoms with E-state index in [2.05, 4.69) is 26.8 Å². The highest BCUT2D eigenvalue weighted by Crippen LogP contribution is 2.38. The second-order valence-electron chi connectivity index (χ2n) is 5.93. The SMILES string of the molecule is C/C(=C\CO[C@@H]1CCCCO1)CC[C@H]1OC1(C)C. The number of hydrogen-bond acceptors (Lipinski definition) is 3. The third-order valence-electron chi connectivity index (χ3n) is 3.82. The molecule has 3 nitrogen and oxygen atoms in total. The number of rotatable bonds is 6. The molecule has 0 aromatic rings. The zero-order chi connectivity index (χ0) is 13.0. The van der Waals surface area contributed by atoms with Crippen LogP contribution in [0.4, 0.5) is 0 Å². The summed E-state index contributed by atoms with van der Waals surface area (Å²) in [5.41, 5.74) is 1.50. The largest absolute Gasteiger partial charge is 0.367 e. The van der Waals surface area contributed by atoms with Crippen LogP contribution in [-0.4, -0.2) is 31.2 Å². The third kappa shape index (κ3) is 4.38. The molecule has 3 heteroatoms. The fraction of sp³-hybridized carbons (Fsp3) is 0.867. The Morgan fingerprint density at radius 1 is 1.39 bits per heavy atom. The van der Waals surface area contributed by atoms with Crippen molar-refractivity contribution < 1.29 is 14.2 Å². The fourth-order valence-electron chi connectivity index (χ4n) is 2.34. The average molecular weight is 254 g/mol. The van der Waals surface area contributed by atoms with Crippen LogP contribution in [0.5, 0.6) is 0 Å². The summed E-state index contributed by atoms with van der Waals surface area (Å²) in [5, 5.41) is 0. The lowest BCUT2D eigenvalue weighted by Gasteiger charge is -2.22. The maximum absolute atomic E-state index is 5.69. The van der Waals surface area contributed by atoms with Crippen molar-refractivity contribution in [1.82, 2.24) is 0 Å². The summed E-state index contributed by atoms with van der Waals surface area (Å²) in [4.78, 5) is 0. The van der Waals surface area contributed by atoms with Gasteiger partial charge in [0, 0.05) is 6.61 Å². The summed E-state index contributed by atoms with van der Waals surface area (Å²) in [7, 11) is 0. The molecule has 104 valence electrons. The van der Waals surface area contributed by atoms with Gasteiger partial charge in [0.1, 0.15) is 0 Å². The first-order valence-electron chi connectivity index (χ1n) is 7.14. The van der Waals surface area contributed by atoms with Crippen LogP contribution in [0.25, 0.3) is 0 Å². The summed E-state index contributed by atoms with van der Waals surface area (Å²) in [5.74, 6) is 0. The maximum Gasteiger partial charge on any atom is 0.157 e. The van der Waals surface area contributed by atoms with Gasteiger partial charge in [0.05, 0.1) is 18.3 Å². The first-order valence-corrected chi connectivity index (χ1v) is 7.14. The van der Waals surface area contributed by atoms with Gasteiger partial charge in [-0.3, -0.25) is 0 Å². The van der Waals surface area contributed by atoms with Gasteiger partial charge in [-0.05, 0) is 52.9 Å². The molecular weight excluding hydrogens is 228 g/mol. The van der Waals surface area contributed by atoms with Crippen LogP contribution in [0.3, 0.4) is 0 Å². The van der Waals surface area contributed by atoms with Crippen molar-refractivity contribution in [2.75, 3.05) is 13.2 Å². The minimum Gasteiger partial charge on any atom is -0.367 e. The molecule has 0 saturated carbocycles. The van der Waals surface area contributed by atoms with Gasteiger partial charge in [0.2, 0.25) is 0 Å². The molecule has 0 radical (unpaired) electrons. The van der Waals surface area contributed by atoms with Crippen LogP contribution in [-0.2, 0) is 14.2 Å². The fourth-order valence-corrected chi connectivity index (χ4v) is 2.34. The number of ether oxygens (including phenoxy) is 3. The molecular formula is C15H26O3. The highest BCUT2D eigenvalue weighted by molar-refractivity contribution is 5.02. The van der Waals surface area contributed by atoms with Crippen molar-refractivity contribution in [1.29, 1.82) is 0 Å². The van der Waals surface area contributed by atoms with E-state index in [1.165, 1.54) is 18.4 Å². The number of hydrogen-bond donors (Lipinski definition) is 0. The van der Waals surface area contributed by atoms with E-state index >= 15 is 0 Å². The number of epoxide rings is 1. The molecule has 2 aliphatic heterocycles. The van der Waals surface area contributed by atoms with Crippen LogP contribution in [0, 0.1) is 0 Å². The maximum atomic E-state index is 5.69. The molecule has 2 atom stereocenters. The Labute approximate surface area is 110 Å². The second-order valence-corrected chi connectivity index (χ2v) is 5.93. The van der Waals surface area contributed by atoms with Crippen LogP contribution >= 0.6 is 0 Å². The van der Waals surface area contributed by atoms with Gasteiger partial charge in [0.25, 0.3) is 0 Å². The Bertz CT molecular complexity index is 290. The molecule has 0 bridgehead atoms. The first kappa shape index (κ1) is 14.0. The molecule has 0 aliphatic carbocycles. The molecule has 0 unspecified atom stereocenters. The van der Waals surface area contributed by atoms with E-state index in [0.717, 1.165) is 25.9 Å². The van der Waals surface area contributed by atoms with Crippen LogP contribution in [0.2, 0.25) is 0 Å². The molecule has 2 heterocycles. The van der Waals surface area contributed by atoms with Gasteiger partial charge < -0.3 is 14.2 Å². The molecule has 2 rings (SSSR count). The van der Waals surface area contributed by atoms with E-state index in [4.69, 9.17) is 14.2 Å². The summed E-state index contributed by atoms with van der Waals surface area (Å²) in [6, 6.07) is 0. The zero-order valence-electron chi connectivity index (χ0n) is 11.9. The minimum atomic E-state index is 0.0218. The van der Waals surface area contributed by atoms with Gasteiger partial charge in [-0.2, -0.15) is 0 Å². The molecule has 0 aromatic carbocycles. The Balaban J connectivity index is 1.57. The predicted octanol–water partition coefficient (Wildman–Crippen LogP) is 3.43. The van der Waals surface area contributed by atoms with Crippen molar-refractivity contribution in [2.24, 2.45) is 0 Å². The van der Waals surface area contributed by atoms with Gasteiger partial charge in [-0.25, -0.2) is 0 Å². The summed E-state index contributed by atoms with van der Waals surface area (Å²) in [6.07, 6.45) is 8.30. The van der Waals surface area contributed by atoms with E-state index < -0.39 is 0 Å². The average Bonchev–Trinajstić information content (AvgIpc) is 2.96. The molecule has 0 aromatic heterocycles. The van der Waals surface area contributed by atoms with E-state index in [0.29, 0.717) is 12.7 Å². The third-order valence-corrected chi connectivity index (χ3v) is 3.82. The minimum absolute atomic E-state index is 0.0218. The van der Waals surface area contributed by atoms with Gasteiger partial charge in [-0.1, -0.05) is 11.6 Å². The Kier molecular flexibility index (Phi) is 4.82. The lowest BCUT2D eigenvalue weighted by Crippen LogP contribution is -2.22. The standard InChI is InChI=1S/C15H26O3/c1-12(7-8-13-15(2,3)18-13)9-11-17-14-6-4-5-10-16-14/h9,13-14H,4-8,10-11H2,1-3H3/b12-9+/t13-,14-/m1/s1. The van der Waals surface area contributed by atoms with Crippen molar-refractivity contribution in [3.63, 3.8) is 0 Å². The van der Waals surface area contributed by atoms with Crippen LogP contribution in [0.1, 0.15) is 52.9 Å². The van der Waals surface area contributed by atoms with Crippen molar-refractivity contribution in [2.45, 2.75) is 70.9 Å². The van der Waals surface area contributed by atoms with Crippen molar-refractivity contribution >= 4 is 0 Å². The summed E-state index contributed by atoms with van der Waals surface area (Å²) < 4.78 is 16.8. The highest BCUT2D eigenvalue weighted by Gasteiger charge is 2.46. The lowest BCUT2D eigenvalue weighted by atomic mass is 10.0. The van der Waals surface area contributed by atoms with Crippen LogP contribution in [0.15, 0.2) is 11.6 Å². The van der Waals surface area contributed by atoms with Crippen molar-refractivity contribution in [3.05, 3.63) is 11.6 Å². The zero-order valence-corrected chi connectivity index (χ0v) is 11.9. The first-order chi connectivity index (χ1) is 8.58. The summed E-state index contributed by atoms with van der Waals surface area (Å²) >= 11 is 0. The number of allylic oxidation sites excluding steroid dienone is 1. The quantitative estimate of drug-likeness (QED) is 0.537.